The number of fused-ring (bicyclic) bond motifs is 1. The Hall–Kier alpha value is -1.78. The number of aromatic nitrogens is 5. The summed E-state index contributed by atoms with van der Waals surface area (Å²) in [6.07, 6.45) is 7.43. The molecule has 0 spiro atoms. The van der Waals surface area contributed by atoms with E-state index in [-0.39, 0.29) is 12.3 Å². The van der Waals surface area contributed by atoms with Gasteiger partial charge < -0.3 is 9.84 Å². The minimum Gasteiger partial charge on any atom is -0.486 e. The minimum atomic E-state index is -0.498. The van der Waals surface area contributed by atoms with Crippen LogP contribution in [0.4, 0.5) is 4.39 Å². The first-order valence-corrected chi connectivity index (χ1v) is 15.6. The van der Waals surface area contributed by atoms with E-state index < -0.39 is 11.9 Å². The number of benzene rings is 1. The van der Waals surface area contributed by atoms with Crippen LogP contribution >= 0.6 is 51.6 Å². The van der Waals surface area contributed by atoms with Gasteiger partial charge in [-0.15, -0.1) is 0 Å². The van der Waals surface area contributed by atoms with E-state index >= 15 is 4.39 Å². The van der Waals surface area contributed by atoms with E-state index in [1.807, 2.05) is 26.8 Å². The SMILES string of the molecule is CC.CC(Oc1ccc2c(c1)c(/C(F)=C/c1cnn(CCO)c1)nn2PI)c1c(Cl)cncc1Cl. The van der Waals surface area contributed by atoms with E-state index in [0.717, 1.165) is 5.52 Å². The Morgan fingerprint density at radius 2 is 1.97 bits per heavy atom. The number of hydrogen-bond donors (Lipinski definition) is 1. The van der Waals surface area contributed by atoms with Gasteiger partial charge in [-0.2, -0.15) is 10.2 Å². The van der Waals surface area contributed by atoms with Crippen molar-refractivity contribution in [2.24, 2.45) is 0 Å². The Kier molecular flexibility index (Phi) is 10.3. The average molecular weight is 650 g/mol. The van der Waals surface area contributed by atoms with E-state index in [1.165, 1.54) is 24.7 Å². The first kappa shape index (κ1) is 27.8. The van der Waals surface area contributed by atoms with Crippen molar-refractivity contribution in [3.8, 4) is 5.75 Å². The Bertz CT molecular complexity index is 1310. The Balaban J connectivity index is 0.00000167. The van der Waals surface area contributed by atoms with Crippen LogP contribution in [-0.4, -0.2) is 36.0 Å². The third kappa shape index (κ3) is 6.51. The second kappa shape index (κ2) is 13.0. The molecule has 0 aliphatic rings. The predicted octanol–water partition coefficient (Wildman–Crippen LogP) is 7.35. The number of pyridine rings is 1. The van der Waals surface area contributed by atoms with Crippen molar-refractivity contribution < 1.29 is 14.2 Å². The predicted molar refractivity (Wildman–Crippen MR) is 150 cm³/mol. The number of rotatable bonds is 8. The van der Waals surface area contributed by atoms with Gasteiger partial charge in [0, 0.05) is 35.1 Å². The zero-order valence-electron chi connectivity index (χ0n) is 19.2. The summed E-state index contributed by atoms with van der Waals surface area (Å²) in [4.78, 5) is 3.97. The molecular weight excluding hydrogens is 626 g/mol. The summed E-state index contributed by atoms with van der Waals surface area (Å²) in [7, 11) is 0. The molecule has 35 heavy (non-hydrogen) atoms. The number of hydrogen-bond acceptors (Lipinski definition) is 5. The summed E-state index contributed by atoms with van der Waals surface area (Å²) in [5.41, 5.74) is 2.20. The fourth-order valence-electron chi connectivity index (χ4n) is 3.38. The lowest BCUT2D eigenvalue weighted by atomic mass is 10.1. The van der Waals surface area contributed by atoms with Crippen LogP contribution in [0.5, 0.6) is 5.75 Å². The highest BCUT2D eigenvalue weighted by Crippen LogP contribution is 2.37. The molecule has 2 unspecified atom stereocenters. The molecule has 0 saturated carbocycles. The fraction of sp³-hybridized carbons (Fsp3) is 0.261. The van der Waals surface area contributed by atoms with Crippen LogP contribution in [0.15, 0.2) is 43.0 Å². The van der Waals surface area contributed by atoms with Crippen molar-refractivity contribution in [3.05, 3.63) is 69.9 Å². The Labute approximate surface area is 227 Å². The van der Waals surface area contributed by atoms with Gasteiger partial charge in [0.2, 0.25) is 0 Å². The highest BCUT2D eigenvalue weighted by Gasteiger charge is 2.19. The fourth-order valence-corrected chi connectivity index (χ4v) is 5.58. The molecule has 0 saturated heterocycles. The summed E-state index contributed by atoms with van der Waals surface area (Å²) in [6.45, 7) is 6.13. The smallest absolute Gasteiger partial charge is 0.152 e. The summed E-state index contributed by atoms with van der Waals surface area (Å²) < 4.78 is 24.7. The molecule has 1 N–H and O–H groups in total. The van der Waals surface area contributed by atoms with E-state index in [4.69, 9.17) is 33.0 Å². The van der Waals surface area contributed by atoms with E-state index in [0.29, 0.717) is 45.2 Å². The van der Waals surface area contributed by atoms with Crippen molar-refractivity contribution >= 4 is 74.4 Å². The van der Waals surface area contributed by atoms with Gasteiger partial charge in [0.1, 0.15) is 17.5 Å². The number of aliphatic hydroxyl groups excluding tert-OH is 1. The molecule has 2 atom stereocenters. The van der Waals surface area contributed by atoms with Crippen LogP contribution in [0.25, 0.3) is 22.8 Å². The Morgan fingerprint density at radius 1 is 1.26 bits per heavy atom. The molecule has 4 rings (SSSR count). The van der Waals surface area contributed by atoms with Gasteiger partial charge in [-0.05, 0) is 53.2 Å². The van der Waals surface area contributed by atoms with Crippen molar-refractivity contribution in [3.63, 3.8) is 0 Å². The van der Waals surface area contributed by atoms with Crippen molar-refractivity contribution in [1.82, 2.24) is 24.3 Å². The van der Waals surface area contributed by atoms with Crippen LogP contribution in [0.3, 0.4) is 0 Å². The number of ether oxygens (including phenoxy) is 1. The monoisotopic (exact) mass is 649 g/mol. The zero-order chi connectivity index (χ0) is 25.5. The second-order valence-electron chi connectivity index (χ2n) is 7.05. The largest absolute Gasteiger partial charge is 0.486 e. The molecule has 1 aromatic carbocycles. The van der Waals surface area contributed by atoms with Crippen molar-refractivity contribution in [1.29, 1.82) is 0 Å². The maximum atomic E-state index is 15.3. The van der Waals surface area contributed by atoms with Crippen LogP contribution in [0.2, 0.25) is 10.0 Å². The molecule has 0 amide bonds. The van der Waals surface area contributed by atoms with Gasteiger partial charge in [-0.3, -0.25) is 9.67 Å². The van der Waals surface area contributed by atoms with Gasteiger partial charge in [0.25, 0.3) is 0 Å². The third-order valence-corrected chi connectivity index (χ3v) is 7.32. The zero-order valence-corrected chi connectivity index (χ0v) is 23.9. The van der Waals surface area contributed by atoms with Crippen molar-refractivity contribution in [2.45, 2.75) is 33.4 Å². The van der Waals surface area contributed by atoms with Crippen LogP contribution in [0, 0.1) is 0 Å². The first-order valence-electron chi connectivity index (χ1n) is 10.8. The lowest BCUT2D eigenvalue weighted by Crippen LogP contribution is -2.05. The molecular formula is C23H24Cl2FIN5O2P. The normalized spacial score (nSPS) is 12.7. The standard InChI is InChI=1S/C21H18Cl2FIN5O2P.C2H6/c1-12(20-16(22)9-26-10-17(20)23)32-14-2-3-19-15(7-14)21(28-30(19)33-25)18(24)6-13-8-27-29(11-13)4-5-31;1-2/h2-3,6-12,31,33H,4-5H2,1H3;1-2H3/b18-6-;. The van der Waals surface area contributed by atoms with Crippen molar-refractivity contribution in [2.75, 3.05) is 6.61 Å². The molecule has 186 valence electrons. The highest BCUT2D eigenvalue weighted by atomic mass is 127. The summed E-state index contributed by atoms with van der Waals surface area (Å²) >= 11 is 14.7. The molecule has 0 fully saturated rings. The lowest BCUT2D eigenvalue weighted by molar-refractivity contribution is 0.227. The quantitative estimate of drug-likeness (QED) is 0.160. The number of nitrogens with zero attached hydrogens (tertiary/aromatic N) is 5. The third-order valence-electron chi connectivity index (χ3n) is 4.84. The Morgan fingerprint density at radius 3 is 2.63 bits per heavy atom. The molecule has 4 aromatic rings. The van der Waals surface area contributed by atoms with Crippen LogP contribution in [0.1, 0.15) is 43.7 Å². The molecule has 0 bridgehead atoms. The van der Waals surface area contributed by atoms with Gasteiger partial charge >= 0.3 is 0 Å². The molecule has 0 radical (unpaired) electrons. The maximum absolute atomic E-state index is 15.3. The molecule has 12 heteroatoms. The van der Waals surface area contributed by atoms with Crippen LogP contribution < -0.4 is 4.74 Å². The molecule has 7 nitrogen and oxygen atoms in total. The lowest BCUT2D eigenvalue weighted by Gasteiger charge is -2.17. The minimum absolute atomic E-state index is 0.0456. The van der Waals surface area contributed by atoms with E-state index in [9.17, 15) is 0 Å². The summed E-state index contributed by atoms with van der Waals surface area (Å²) in [5.74, 6) is 0.0301. The van der Waals surface area contributed by atoms with Crippen LogP contribution in [-0.2, 0) is 6.54 Å². The summed E-state index contributed by atoms with van der Waals surface area (Å²) in [6, 6.07) is 5.41. The van der Waals surface area contributed by atoms with E-state index in [1.54, 1.807) is 27.5 Å². The summed E-state index contributed by atoms with van der Waals surface area (Å²) in [5, 5.41) is 19.0. The maximum Gasteiger partial charge on any atom is 0.152 e. The van der Waals surface area contributed by atoms with Gasteiger partial charge in [-0.1, -0.05) is 37.0 Å². The first-order chi connectivity index (χ1) is 16.9. The average Bonchev–Trinajstić information content (AvgIpc) is 3.44. The molecule has 3 aromatic heterocycles. The van der Waals surface area contributed by atoms with Gasteiger partial charge in [0.15, 0.2) is 5.83 Å². The molecule has 3 heterocycles. The topological polar surface area (TPSA) is 78.0 Å². The van der Waals surface area contributed by atoms with Gasteiger partial charge in [0.05, 0.1) is 41.3 Å². The van der Waals surface area contributed by atoms with Gasteiger partial charge in [-0.25, -0.2) is 8.84 Å². The highest BCUT2D eigenvalue weighted by molar-refractivity contribution is 14.2. The molecule has 0 aliphatic carbocycles. The number of aliphatic hydroxyl groups is 1. The number of halogens is 4. The van der Waals surface area contributed by atoms with E-state index in [2.05, 4.69) is 37.2 Å². The molecule has 0 aliphatic heterocycles. The second-order valence-corrected chi connectivity index (χ2v) is 9.91.